The van der Waals surface area contributed by atoms with Crippen molar-refractivity contribution in [2.24, 2.45) is 5.73 Å². The van der Waals surface area contributed by atoms with Gasteiger partial charge >= 0.3 is 6.18 Å². The van der Waals surface area contributed by atoms with Gasteiger partial charge in [-0.05, 0) is 31.0 Å². The highest BCUT2D eigenvalue weighted by atomic mass is 32.2. The van der Waals surface area contributed by atoms with Crippen molar-refractivity contribution >= 4 is 15.9 Å². The Balaban J connectivity index is 2.19. The largest absolute Gasteiger partial charge is 0.491 e. The van der Waals surface area contributed by atoms with Crippen LogP contribution in [0.5, 0.6) is 5.75 Å². The van der Waals surface area contributed by atoms with Crippen LogP contribution in [0.25, 0.3) is 0 Å². The van der Waals surface area contributed by atoms with E-state index in [1.807, 2.05) is 0 Å². The number of carbonyl (C=O) groups excluding carboxylic acids is 1. The first-order valence-electron chi connectivity index (χ1n) is 7.11. The van der Waals surface area contributed by atoms with E-state index in [4.69, 9.17) is 10.5 Å². The van der Waals surface area contributed by atoms with Crippen LogP contribution in [0.15, 0.2) is 18.2 Å². The Morgan fingerprint density at radius 1 is 1.42 bits per heavy atom. The topological polar surface area (TPSA) is 89.7 Å². The van der Waals surface area contributed by atoms with E-state index in [-0.39, 0.29) is 12.4 Å². The Labute approximate surface area is 137 Å². The maximum Gasteiger partial charge on any atom is 0.416 e. The molecule has 1 saturated heterocycles. The zero-order chi connectivity index (χ0) is 18.1. The van der Waals surface area contributed by atoms with Crippen molar-refractivity contribution in [3.8, 4) is 5.75 Å². The van der Waals surface area contributed by atoms with Gasteiger partial charge in [-0.1, -0.05) is 0 Å². The van der Waals surface area contributed by atoms with Crippen molar-refractivity contribution in [1.29, 1.82) is 0 Å². The van der Waals surface area contributed by atoms with Crippen molar-refractivity contribution in [1.82, 2.24) is 4.31 Å². The third kappa shape index (κ3) is 4.18. The fourth-order valence-electron chi connectivity index (χ4n) is 2.62. The summed E-state index contributed by atoms with van der Waals surface area (Å²) in [5.41, 5.74) is 3.71. The summed E-state index contributed by atoms with van der Waals surface area (Å²) >= 11 is 0. The van der Waals surface area contributed by atoms with Crippen LogP contribution in [0.1, 0.15) is 28.8 Å². The van der Waals surface area contributed by atoms with E-state index >= 15 is 0 Å². The van der Waals surface area contributed by atoms with Crippen molar-refractivity contribution in [2.45, 2.75) is 25.1 Å². The van der Waals surface area contributed by atoms with Gasteiger partial charge in [-0.2, -0.15) is 17.5 Å². The minimum Gasteiger partial charge on any atom is -0.491 e. The summed E-state index contributed by atoms with van der Waals surface area (Å²) in [4.78, 5) is 11.4. The summed E-state index contributed by atoms with van der Waals surface area (Å²) in [5, 5.41) is 0. The number of hydrogen-bond acceptors (Lipinski definition) is 4. The van der Waals surface area contributed by atoms with Crippen LogP contribution in [-0.4, -0.2) is 44.1 Å². The second kappa shape index (κ2) is 6.60. The molecule has 0 radical (unpaired) electrons. The molecular formula is C14H17F3N2O4S. The maximum absolute atomic E-state index is 12.7. The van der Waals surface area contributed by atoms with Gasteiger partial charge < -0.3 is 10.5 Å². The predicted octanol–water partition coefficient (Wildman–Crippen LogP) is 1.61. The third-order valence-corrected chi connectivity index (χ3v) is 5.09. The number of amides is 1. The standard InChI is InChI=1S/C14H17F3N2O4S/c1-24(21,22)19-6-2-3-10(19)8-23-12-5-4-9(14(15,16)17)7-11(12)13(18)20/h4-5,7,10H,2-3,6,8H2,1H3,(H2,18,20). The number of hydrogen-bond donors (Lipinski definition) is 1. The number of nitrogens with two attached hydrogens (primary N) is 1. The summed E-state index contributed by atoms with van der Waals surface area (Å²) in [6.45, 7) is 0.293. The molecule has 1 aromatic carbocycles. The van der Waals surface area contributed by atoms with Gasteiger partial charge in [0.2, 0.25) is 10.0 Å². The Morgan fingerprint density at radius 3 is 2.62 bits per heavy atom. The van der Waals surface area contributed by atoms with Gasteiger partial charge in [-0.25, -0.2) is 8.42 Å². The molecular weight excluding hydrogens is 349 g/mol. The van der Waals surface area contributed by atoms with Crippen LogP contribution in [0.2, 0.25) is 0 Å². The van der Waals surface area contributed by atoms with Crippen molar-refractivity contribution in [3.05, 3.63) is 29.3 Å². The normalized spacial score (nSPS) is 19.4. The number of halogens is 3. The second-order valence-electron chi connectivity index (χ2n) is 5.55. The quantitative estimate of drug-likeness (QED) is 0.857. The summed E-state index contributed by atoms with van der Waals surface area (Å²) in [6.07, 6.45) is -2.30. The number of primary amides is 1. The molecule has 0 spiro atoms. The van der Waals surface area contributed by atoms with E-state index < -0.39 is 39.3 Å². The molecule has 0 saturated carbocycles. The number of rotatable bonds is 5. The minimum absolute atomic E-state index is 0.0707. The van der Waals surface area contributed by atoms with Gasteiger partial charge in [0.1, 0.15) is 12.4 Å². The first-order chi connectivity index (χ1) is 11.0. The highest BCUT2D eigenvalue weighted by molar-refractivity contribution is 7.88. The van der Waals surface area contributed by atoms with Gasteiger partial charge in [0, 0.05) is 6.54 Å². The van der Waals surface area contributed by atoms with Gasteiger partial charge in [-0.15, -0.1) is 0 Å². The molecule has 1 atom stereocenters. The molecule has 1 unspecified atom stereocenters. The number of nitrogens with zero attached hydrogens (tertiary/aromatic N) is 1. The lowest BCUT2D eigenvalue weighted by Gasteiger charge is -2.22. The number of ether oxygens (including phenoxy) is 1. The van der Waals surface area contributed by atoms with Crippen molar-refractivity contribution in [2.75, 3.05) is 19.4 Å². The molecule has 2 rings (SSSR count). The SMILES string of the molecule is CS(=O)(=O)N1CCCC1COc1ccc(C(F)(F)F)cc1C(N)=O. The van der Waals surface area contributed by atoms with E-state index in [1.165, 1.54) is 4.31 Å². The number of carbonyl (C=O) groups is 1. The Hall–Kier alpha value is -1.81. The first kappa shape index (κ1) is 18.5. The molecule has 1 aromatic rings. The third-order valence-electron chi connectivity index (χ3n) is 3.75. The molecule has 1 heterocycles. The molecule has 1 amide bonds. The maximum atomic E-state index is 12.7. The lowest BCUT2D eigenvalue weighted by molar-refractivity contribution is -0.137. The fraction of sp³-hybridized carbons (Fsp3) is 0.500. The minimum atomic E-state index is -4.61. The van der Waals surface area contributed by atoms with Crippen molar-refractivity contribution < 1.29 is 31.1 Å². The van der Waals surface area contributed by atoms with Crippen LogP contribution in [-0.2, 0) is 16.2 Å². The van der Waals surface area contributed by atoms with Crippen LogP contribution in [0.3, 0.4) is 0 Å². The monoisotopic (exact) mass is 366 g/mol. The average molecular weight is 366 g/mol. The molecule has 1 fully saturated rings. The number of alkyl halides is 3. The van der Waals surface area contributed by atoms with Crippen molar-refractivity contribution in [3.63, 3.8) is 0 Å². The molecule has 1 aliphatic rings. The summed E-state index contributed by atoms with van der Waals surface area (Å²) < 4.78 is 68.1. The van der Waals surface area contributed by atoms with E-state index in [0.29, 0.717) is 25.5 Å². The zero-order valence-electron chi connectivity index (χ0n) is 12.8. The van der Waals surface area contributed by atoms with Crippen LogP contribution in [0.4, 0.5) is 13.2 Å². The highest BCUT2D eigenvalue weighted by Gasteiger charge is 2.33. The Kier molecular flexibility index (Phi) is 5.09. The zero-order valence-corrected chi connectivity index (χ0v) is 13.7. The molecule has 0 aromatic heterocycles. The van der Waals surface area contributed by atoms with Crippen LogP contribution >= 0.6 is 0 Å². The second-order valence-corrected chi connectivity index (χ2v) is 7.49. The van der Waals surface area contributed by atoms with E-state index in [0.717, 1.165) is 18.4 Å². The number of sulfonamides is 1. The highest BCUT2D eigenvalue weighted by Crippen LogP contribution is 2.33. The number of benzene rings is 1. The first-order valence-corrected chi connectivity index (χ1v) is 8.95. The van der Waals surface area contributed by atoms with Gasteiger partial charge in [-0.3, -0.25) is 4.79 Å². The van der Waals surface area contributed by atoms with E-state index in [1.54, 1.807) is 0 Å². The molecule has 0 aliphatic carbocycles. The molecule has 1 aliphatic heterocycles. The molecule has 6 nitrogen and oxygen atoms in total. The van der Waals surface area contributed by atoms with Crippen LogP contribution in [0, 0.1) is 0 Å². The van der Waals surface area contributed by atoms with Gasteiger partial charge in [0.25, 0.3) is 5.91 Å². The van der Waals surface area contributed by atoms with E-state index in [2.05, 4.69) is 0 Å². The molecule has 2 N–H and O–H groups in total. The average Bonchev–Trinajstić information content (AvgIpc) is 2.92. The summed E-state index contributed by atoms with van der Waals surface area (Å²) in [5.74, 6) is -1.15. The predicted molar refractivity (Wildman–Crippen MR) is 80.0 cm³/mol. The van der Waals surface area contributed by atoms with Gasteiger partial charge in [0.05, 0.1) is 23.4 Å². The Bertz CT molecular complexity index is 734. The lowest BCUT2D eigenvalue weighted by atomic mass is 10.1. The smallest absolute Gasteiger partial charge is 0.416 e. The van der Waals surface area contributed by atoms with Gasteiger partial charge in [0.15, 0.2) is 0 Å². The Morgan fingerprint density at radius 2 is 2.08 bits per heavy atom. The van der Waals surface area contributed by atoms with E-state index in [9.17, 15) is 26.4 Å². The molecule has 10 heteroatoms. The lowest BCUT2D eigenvalue weighted by Crippen LogP contribution is -2.38. The molecule has 0 bridgehead atoms. The summed E-state index contributed by atoms with van der Waals surface area (Å²) in [6, 6.07) is 2.00. The fourth-order valence-corrected chi connectivity index (χ4v) is 3.79. The molecule has 134 valence electrons. The summed E-state index contributed by atoms with van der Waals surface area (Å²) in [7, 11) is -3.40. The van der Waals surface area contributed by atoms with Crippen LogP contribution < -0.4 is 10.5 Å². The molecule has 24 heavy (non-hydrogen) atoms.